The van der Waals surface area contributed by atoms with Crippen LogP contribution in [0.2, 0.25) is 0 Å². The Morgan fingerprint density at radius 1 is 1.11 bits per heavy atom. The maximum atomic E-state index is 5.37. The second kappa shape index (κ2) is 2.27. The first-order valence-corrected chi connectivity index (χ1v) is 3.79. The number of fused-ring (bicyclic) bond motifs is 2. The van der Waals surface area contributed by atoms with E-state index in [1.165, 1.54) is 19.3 Å². The van der Waals surface area contributed by atoms with Gasteiger partial charge in [-0.1, -0.05) is 6.42 Å². The average molecular weight is 127 g/mol. The summed E-state index contributed by atoms with van der Waals surface area (Å²) in [4.78, 5) is 0. The van der Waals surface area contributed by atoms with Gasteiger partial charge in [0.15, 0.2) is 0 Å². The first kappa shape index (κ1) is 5.69. The molecule has 2 aliphatic heterocycles. The van der Waals surface area contributed by atoms with Crippen LogP contribution in [0.5, 0.6) is 0 Å². The first-order chi connectivity index (χ1) is 4.45. The molecule has 2 heterocycles. The standard InChI is InChI=1S/C7H13NO/c1-2-6-4-9-5-7(3-1)8-6/h6-8H,1-5H2. The molecular weight excluding hydrogens is 114 g/mol. The number of hydrogen-bond acceptors (Lipinski definition) is 2. The molecule has 2 nitrogen and oxygen atoms in total. The van der Waals surface area contributed by atoms with Crippen molar-refractivity contribution in [2.75, 3.05) is 13.2 Å². The van der Waals surface area contributed by atoms with Gasteiger partial charge in [0.2, 0.25) is 0 Å². The minimum absolute atomic E-state index is 0.678. The van der Waals surface area contributed by atoms with E-state index in [0.717, 1.165) is 13.2 Å². The summed E-state index contributed by atoms with van der Waals surface area (Å²) >= 11 is 0. The molecule has 2 bridgehead atoms. The van der Waals surface area contributed by atoms with E-state index in [2.05, 4.69) is 5.32 Å². The Morgan fingerprint density at radius 3 is 2.33 bits per heavy atom. The molecule has 0 radical (unpaired) electrons. The van der Waals surface area contributed by atoms with Gasteiger partial charge in [-0.15, -0.1) is 0 Å². The van der Waals surface area contributed by atoms with Crippen LogP contribution in [-0.2, 0) is 4.74 Å². The Bertz CT molecular complexity index is 85.1. The van der Waals surface area contributed by atoms with E-state index >= 15 is 0 Å². The zero-order valence-electron chi connectivity index (χ0n) is 5.60. The zero-order valence-corrected chi connectivity index (χ0v) is 5.60. The minimum atomic E-state index is 0.678. The van der Waals surface area contributed by atoms with E-state index in [1.54, 1.807) is 0 Å². The van der Waals surface area contributed by atoms with Crippen molar-refractivity contribution >= 4 is 0 Å². The highest BCUT2D eigenvalue weighted by Gasteiger charge is 2.24. The number of piperidine rings is 1. The fourth-order valence-electron chi connectivity index (χ4n) is 1.73. The van der Waals surface area contributed by atoms with Gasteiger partial charge in [0.25, 0.3) is 0 Å². The molecule has 2 saturated heterocycles. The van der Waals surface area contributed by atoms with Crippen LogP contribution in [0.4, 0.5) is 0 Å². The summed E-state index contributed by atoms with van der Waals surface area (Å²) in [5.74, 6) is 0. The first-order valence-electron chi connectivity index (χ1n) is 3.79. The van der Waals surface area contributed by atoms with Crippen LogP contribution in [0.25, 0.3) is 0 Å². The lowest BCUT2D eigenvalue weighted by Crippen LogP contribution is -2.51. The third-order valence-electron chi connectivity index (χ3n) is 2.21. The van der Waals surface area contributed by atoms with Crippen LogP contribution < -0.4 is 5.32 Å². The van der Waals surface area contributed by atoms with Crippen molar-refractivity contribution < 1.29 is 4.74 Å². The normalized spacial score (nSPS) is 42.7. The molecule has 0 aromatic rings. The van der Waals surface area contributed by atoms with Crippen molar-refractivity contribution in [2.45, 2.75) is 31.3 Å². The molecule has 0 saturated carbocycles. The van der Waals surface area contributed by atoms with E-state index in [4.69, 9.17) is 4.74 Å². The second-order valence-corrected chi connectivity index (χ2v) is 3.03. The minimum Gasteiger partial charge on any atom is -0.378 e. The molecule has 9 heavy (non-hydrogen) atoms. The summed E-state index contributed by atoms with van der Waals surface area (Å²) in [6.45, 7) is 1.88. The van der Waals surface area contributed by atoms with Crippen molar-refractivity contribution in [3.63, 3.8) is 0 Å². The Balaban J connectivity index is 1.96. The lowest BCUT2D eigenvalue weighted by atomic mass is 9.98. The van der Waals surface area contributed by atoms with Gasteiger partial charge in [-0.25, -0.2) is 0 Å². The third kappa shape index (κ3) is 1.10. The highest BCUT2D eigenvalue weighted by atomic mass is 16.5. The fraction of sp³-hybridized carbons (Fsp3) is 1.00. The number of hydrogen-bond donors (Lipinski definition) is 1. The molecule has 1 N–H and O–H groups in total. The van der Waals surface area contributed by atoms with Gasteiger partial charge in [-0.2, -0.15) is 0 Å². The van der Waals surface area contributed by atoms with Gasteiger partial charge in [0, 0.05) is 12.1 Å². The molecule has 52 valence electrons. The van der Waals surface area contributed by atoms with Crippen molar-refractivity contribution in [3.8, 4) is 0 Å². The molecule has 0 aromatic carbocycles. The summed E-state index contributed by atoms with van der Waals surface area (Å²) in [6.07, 6.45) is 4.03. The zero-order chi connectivity index (χ0) is 6.10. The van der Waals surface area contributed by atoms with Crippen molar-refractivity contribution in [1.29, 1.82) is 0 Å². The molecule has 2 heteroatoms. The predicted octanol–water partition coefficient (Wildman–Crippen LogP) is 0.527. The molecule has 2 unspecified atom stereocenters. The maximum Gasteiger partial charge on any atom is 0.0620 e. The fourth-order valence-corrected chi connectivity index (χ4v) is 1.73. The summed E-state index contributed by atoms with van der Waals surface area (Å²) in [5.41, 5.74) is 0. The smallest absolute Gasteiger partial charge is 0.0620 e. The van der Waals surface area contributed by atoms with E-state index < -0.39 is 0 Å². The molecule has 2 atom stereocenters. The molecule has 2 rings (SSSR count). The SMILES string of the molecule is C1CC2COCC(C1)N2. The summed E-state index contributed by atoms with van der Waals surface area (Å²) in [5, 5.41) is 3.53. The highest BCUT2D eigenvalue weighted by molar-refractivity contribution is 4.83. The number of rotatable bonds is 0. The molecular formula is C7H13NO. The van der Waals surface area contributed by atoms with E-state index in [0.29, 0.717) is 12.1 Å². The molecule has 0 aromatic heterocycles. The second-order valence-electron chi connectivity index (χ2n) is 3.03. The topological polar surface area (TPSA) is 21.3 Å². The third-order valence-corrected chi connectivity index (χ3v) is 2.21. The van der Waals surface area contributed by atoms with Crippen molar-refractivity contribution in [1.82, 2.24) is 5.32 Å². The van der Waals surface area contributed by atoms with Crippen LogP contribution in [0, 0.1) is 0 Å². The summed E-state index contributed by atoms with van der Waals surface area (Å²) in [6, 6.07) is 1.36. The molecule has 0 amide bonds. The summed E-state index contributed by atoms with van der Waals surface area (Å²) in [7, 11) is 0. The molecule has 2 fully saturated rings. The average Bonchev–Trinajstić information content (AvgIpc) is 1.88. The quantitative estimate of drug-likeness (QED) is 0.512. The Kier molecular flexibility index (Phi) is 1.44. The number of morpholine rings is 1. The lowest BCUT2D eigenvalue weighted by Gasteiger charge is -2.35. The maximum absolute atomic E-state index is 5.37. The molecule has 0 aliphatic carbocycles. The van der Waals surface area contributed by atoms with Gasteiger partial charge in [0.1, 0.15) is 0 Å². The highest BCUT2D eigenvalue weighted by Crippen LogP contribution is 2.16. The Hall–Kier alpha value is -0.0800. The monoisotopic (exact) mass is 127 g/mol. The lowest BCUT2D eigenvalue weighted by molar-refractivity contribution is 0.0238. The summed E-state index contributed by atoms with van der Waals surface area (Å²) < 4.78 is 5.37. The van der Waals surface area contributed by atoms with Crippen molar-refractivity contribution in [2.24, 2.45) is 0 Å². The van der Waals surface area contributed by atoms with E-state index in [1.807, 2.05) is 0 Å². The van der Waals surface area contributed by atoms with Crippen LogP contribution in [-0.4, -0.2) is 25.3 Å². The number of ether oxygens (including phenoxy) is 1. The molecule has 2 aliphatic rings. The van der Waals surface area contributed by atoms with Gasteiger partial charge in [-0.05, 0) is 12.8 Å². The number of nitrogens with one attached hydrogen (secondary N) is 1. The van der Waals surface area contributed by atoms with Gasteiger partial charge in [-0.3, -0.25) is 0 Å². The molecule has 0 spiro atoms. The van der Waals surface area contributed by atoms with Crippen LogP contribution in [0.1, 0.15) is 19.3 Å². The largest absolute Gasteiger partial charge is 0.378 e. The van der Waals surface area contributed by atoms with Crippen LogP contribution >= 0.6 is 0 Å². The predicted molar refractivity (Wildman–Crippen MR) is 35.4 cm³/mol. The van der Waals surface area contributed by atoms with Gasteiger partial charge >= 0.3 is 0 Å². The van der Waals surface area contributed by atoms with E-state index in [-0.39, 0.29) is 0 Å². The van der Waals surface area contributed by atoms with E-state index in [9.17, 15) is 0 Å². The Labute approximate surface area is 55.6 Å². The van der Waals surface area contributed by atoms with Crippen LogP contribution in [0.3, 0.4) is 0 Å². The van der Waals surface area contributed by atoms with Crippen LogP contribution in [0.15, 0.2) is 0 Å². The van der Waals surface area contributed by atoms with Gasteiger partial charge in [0.05, 0.1) is 13.2 Å². The Morgan fingerprint density at radius 2 is 1.78 bits per heavy atom. The van der Waals surface area contributed by atoms with Crippen molar-refractivity contribution in [3.05, 3.63) is 0 Å². The van der Waals surface area contributed by atoms with Gasteiger partial charge < -0.3 is 10.1 Å².